The Morgan fingerprint density at radius 1 is 1.44 bits per heavy atom. The highest BCUT2D eigenvalue weighted by atomic mass is 15.3. The van der Waals surface area contributed by atoms with E-state index < -0.39 is 0 Å². The summed E-state index contributed by atoms with van der Waals surface area (Å²) in [6, 6.07) is 0.958. The Bertz CT molecular complexity index is 132. The Morgan fingerprint density at radius 3 is 2.22 bits per heavy atom. The van der Waals surface area contributed by atoms with E-state index in [1.807, 2.05) is 0 Å². The Labute approximate surface area is 57.0 Å². The highest BCUT2D eigenvalue weighted by Gasteiger charge is 2.55. The molecule has 0 aromatic carbocycles. The second kappa shape index (κ2) is 1.34. The summed E-state index contributed by atoms with van der Waals surface area (Å²) in [5.74, 6) is 0.936. The lowest BCUT2D eigenvalue weighted by molar-refractivity contribution is -0.173. The Hall–Kier alpha value is -0.0400. The van der Waals surface area contributed by atoms with E-state index >= 15 is 0 Å². The van der Waals surface area contributed by atoms with Gasteiger partial charge in [-0.25, -0.2) is 0 Å². The zero-order chi connectivity index (χ0) is 6.65. The maximum absolute atomic E-state index is 2.61. The Morgan fingerprint density at radius 2 is 2.11 bits per heavy atom. The van der Waals surface area contributed by atoms with Gasteiger partial charge in [0.1, 0.15) is 0 Å². The van der Waals surface area contributed by atoms with Crippen LogP contribution in [0.4, 0.5) is 0 Å². The van der Waals surface area contributed by atoms with Gasteiger partial charge >= 0.3 is 0 Å². The van der Waals surface area contributed by atoms with Crippen molar-refractivity contribution in [3.63, 3.8) is 0 Å². The average Bonchev–Trinajstić information content (AvgIpc) is 1.61. The molecule has 2 heterocycles. The van der Waals surface area contributed by atoms with Crippen LogP contribution in [0.15, 0.2) is 0 Å². The van der Waals surface area contributed by atoms with Crippen LogP contribution >= 0.6 is 0 Å². The highest BCUT2D eigenvalue weighted by Crippen LogP contribution is 2.48. The molecule has 0 spiro atoms. The highest BCUT2D eigenvalue weighted by molar-refractivity contribution is 5.11. The molecule has 9 heavy (non-hydrogen) atoms. The lowest BCUT2D eigenvalue weighted by atomic mass is 9.65. The Balaban J connectivity index is 2.13. The first kappa shape index (κ1) is 5.72. The van der Waals surface area contributed by atoms with Crippen molar-refractivity contribution in [3.05, 3.63) is 0 Å². The summed E-state index contributed by atoms with van der Waals surface area (Å²) in [7, 11) is 0. The van der Waals surface area contributed by atoms with Crippen LogP contribution in [-0.2, 0) is 0 Å². The topological polar surface area (TPSA) is 3.24 Å². The van der Waals surface area contributed by atoms with Gasteiger partial charge in [-0.2, -0.15) is 0 Å². The predicted octanol–water partition coefficient (Wildman–Crippen LogP) is 1.49. The molecule has 0 N–H and O–H groups in total. The summed E-state index contributed by atoms with van der Waals surface area (Å²) < 4.78 is 0. The average molecular weight is 125 g/mol. The normalized spacial score (nSPS) is 47.0. The summed E-state index contributed by atoms with van der Waals surface area (Å²) >= 11 is 0. The van der Waals surface area contributed by atoms with E-state index in [4.69, 9.17) is 0 Å². The number of fused-ring (bicyclic) bond motifs is 1. The molecule has 0 radical (unpaired) electrons. The van der Waals surface area contributed by atoms with Crippen molar-refractivity contribution in [3.8, 4) is 0 Å². The molecule has 0 saturated carbocycles. The van der Waals surface area contributed by atoms with E-state index in [0.717, 1.165) is 12.0 Å². The van der Waals surface area contributed by atoms with E-state index in [0.29, 0.717) is 5.54 Å². The summed E-state index contributed by atoms with van der Waals surface area (Å²) in [6.45, 7) is 8.43. The molecule has 0 amide bonds. The Kier molecular flexibility index (Phi) is 0.852. The predicted molar refractivity (Wildman–Crippen MR) is 38.4 cm³/mol. The molecular weight excluding hydrogens is 110 g/mol. The molecule has 2 atom stereocenters. The fourth-order valence-electron chi connectivity index (χ4n) is 2.29. The molecule has 2 aliphatic rings. The molecule has 2 rings (SSSR count). The molecular formula is C8H15N. The van der Waals surface area contributed by atoms with Crippen molar-refractivity contribution >= 4 is 0 Å². The van der Waals surface area contributed by atoms with Gasteiger partial charge in [-0.15, -0.1) is 0 Å². The number of nitrogens with zero attached hydrogens (tertiary/aromatic N) is 1. The van der Waals surface area contributed by atoms with Crippen molar-refractivity contribution in [2.45, 2.75) is 38.8 Å². The van der Waals surface area contributed by atoms with E-state index in [9.17, 15) is 0 Å². The van der Waals surface area contributed by atoms with Gasteiger partial charge in [0.25, 0.3) is 0 Å². The second-order valence-corrected chi connectivity index (χ2v) is 3.99. The number of rotatable bonds is 0. The smallest absolute Gasteiger partial charge is 0.0196 e. The third-order valence-corrected chi connectivity index (χ3v) is 3.50. The van der Waals surface area contributed by atoms with Crippen molar-refractivity contribution in [1.29, 1.82) is 0 Å². The van der Waals surface area contributed by atoms with E-state index in [-0.39, 0.29) is 0 Å². The molecule has 1 heteroatoms. The zero-order valence-corrected chi connectivity index (χ0v) is 6.52. The van der Waals surface area contributed by atoms with Gasteiger partial charge < -0.3 is 0 Å². The zero-order valence-electron chi connectivity index (χ0n) is 6.52. The fraction of sp³-hybridized carbons (Fsp3) is 1.00. The maximum atomic E-state index is 2.61. The molecule has 52 valence electrons. The lowest BCUT2D eigenvalue weighted by Crippen LogP contribution is -2.75. The van der Waals surface area contributed by atoms with Crippen LogP contribution < -0.4 is 0 Å². The van der Waals surface area contributed by atoms with Gasteiger partial charge in [0.15, 0.2) is 0 Å². The molecule has 2 saturated heterocycles. The second-order valence-electron chi connectivity index (χ2n) is 3.99. The van der Waals surface area contributed by atoms with Gasteiger partial charge in [0, 0.05) is 18.1 Å². The summed E-state index contributed by atoms with van der Waals surface area (Å²) in [6.07, 6.45) is 1.45. The van der Waals surface area contributed by atoms with Crippen LogP contribution in [0.3, 0.4) is 0 Å². The largest absolute Gasteiger partial charge is 0.294 e. The number of piperidine rings is 1. The van der Waals surface area contributed by atoms with Crippen LogP contribution in [0, 0.1) is 5.92 Å². The summed E-state index contributed by atoms with van der Waals surface area (Å²) in [4.78, 5) is 2.61. The molecule has 2 fully saturated rings. The maximum Gasteiger partial charge on any atom is 0.0196 e. The third-order valence-electron chi connectivity index (χ3n) is 3.50. The van der Waals surface area contributed by atoms with Gasteiger partial charge in [0.2, 0.25) is 0 Å². The van der Waals surface area contributed by atoms with Crippen LogP contribution in [0.25, 0.3) is 0 Å². The SMILES string of the molecule is CC1C2CCN2C1(C)C. The lowest BCUT2D eigenvalue weighted by Gasteiger charge is -2.67. The standard InChI is InChI=1S/C8H15N/c1-6-7-4-5-9(7)8(6,2)3/h6-7H,4-5H2,1-3H3. The molecule has 0 aromatic heterocycles. The monoisotopic (exact) mass is 125 g/mol. The molecule has 1 nitrogen and oxygen atoms in total. The van der Waals surface area contributed by atoms with Crippen LogP contribution in [0.2, 0.25) is 0 Å². The number of hydrogen-bond acceptors (Lipinski definition) is 1. The van der Waals surface area contributed by atoms with Gasteiger partial charge in [-0.3, -0.25) is 4.90 Å². The summed E-state index contributed by atoms with van der Waals surface area (Å²) in [5, 5.41) is 0. The van der Waals surface area contributed by atoms with Crippen LogP contribution in [0.5, 0.6) is 0 Å². The van der Waals surface area contributed by atoms with Gasteiger partial charge in [-0.1, -0.05) is 6.92 Å². The van der Waals surface area contributed by atoms with Crippen molar-refractivity contribution < 1.29 is 0 Å². The van der Waals surface area contributed by atoms with Crippen molar-refractivity contribution in [2.24, 2.45) is 5.92 Å². The first-order valence-electron chi connectivity index (χ1n) is 3.91. The van der Waals surface area contributed by atoms with Crippen LogP contribution in [0.1, 0.15) is 27.2 Å². The van der Waals surface area contributed by atoms with Crippen LogP contribution in [-0.4, -0.2) is 23.0 Å². The van der Waals surface area contributed by atoms with Crippen molar-refractivity contribution in [1.82, 2.24) is 4.90 Å². The minimum absolute atomic E-state index is 0.531. The first-order chi connectivity index (χ1) is 4.14. The quantitative estimate of drug-likeness (QED) is 0.474. The molecule has 2 aliphatic heterocycles. The molecule has 0 aliphatic carbocycles. The molecule has 0 aromatic rings. The third kappa shape index (κ3) is 0.454. The van der Waals surface area contributed by atoms with Gasteiger partial charge in [-0.05, 0) is 26.2 Å². The van der Waals surface area contributed by atoms with E-state index in [1.54, 1.807) is 0 Å². The van der Waals surface area contributed by atoms with E-state index in [1.165, 1.54) is 13.0 Å². The fourth-order valence-corrected chi connectivity index (χ4v) is 2.29. The first-order valence-corrected chi connectivity index (χ1v) is 3.91. The minimum Gasteiger partial charge on any atom is -0.294 e. The summed E-state index contributed by atoms with van der Waals surface area (Å²) in [5.41, 5.74) is 0.531. The molecule has 0 bridgehead atoms. The molecule has 2 unspecified atom stereocenters. The minimum atomic E-state index is 0.531. The van der Waals surface area contributed by atoms with Crippen molar-refractivity contribution in [2.75, 3.05) is 6.54 Å². The number of hydrogen-bond donors (Lipinski definition) is 0. The van der Waals surface area contributed by atoms with E-state index in [2.05, 4.69) is 25.7 Å². The van der Waals surface area contributed by atoms with Gasteiger partial charge in [0.05, 0.1) is 0 Å².